The lowest BCUT2D eigenvalue weighted by atomic mass is 10.3. The molecule has 8 nitrogen and oxygen atoms in total. The van der Waals surface area contributed by atoms with Crippen molar-refractivity contribution in [3.63, 3.8) is 0 Å². The average molecular weight is 379 g/mol. The van der Waals surface area contributed by atoms with Gasteiger partial charge in [0.25, 0.3) is 0 Å². The van der Waals surface area contributed by atoms with Crippen molar-refractivity contribution in [2.45, 2.75) is 24.1 Å². The van der Waals surface area contributed by atoms with E-state index in [0.717, 1.165) is 24.3 Å². The molecule has 2 N–H and O–H groups in total. The monoisotopic (exact) mass is 379 g/mol. The highest BCUT2D eigenvalue weighted by molar-refractivity contribution is 7.91. The SMILES string of the molecule is N#CN(C(N)=O)C(=O)CCCS(=O)(=O)c1ccc(OC(F)(F)F)cc1. The van der Waals surface area contributed by atoms with Gasteiger partial charge in [0.05, 0.1) is 10.6 Å². The molecule has 1 aromatic carbocycles. The molecule has 0 saturated heterocycles. The summed E-state index contributed by atoms with van der Waals surface area (Å²) >= 11 is 0. The van der Waals surface area contributed by atoms with E-state index < -0.39 is 46.1 Å². The summed E-state index contributed by atoms with van der Waals surface area (Å²) in [6, 6.07) is 2.27. The number of benzene rings is 1. The van der Waals surface area contributed by atoms with Gasteiger partial charge in [-0.3, -0.25) is 4.79 Å². The minimum atomic E-state index is -4.90. The van der Waals surface area contributed by atoms with Crippen LogP contribution in [0.15, 0.2) is 29.2 Å². The van der Waals surface area contributed by atoms with Crippen LogP contribution in [0.3, 0.4) is 0 Å². The predicted octanol–water partition coefficient (Wildman–Crippen LogP) is 1.53. The number of nitrogens with two attached hydrogens (primary N) is 1. The van der Waals surface area contributed by atoms with Crippen LogP contribution in [-0.4, -0.2) is 37.4 Å². The fourth-order valence-electron chi connectivity index (χ4n) is 1.72. The molecule has 1 rings (SSSR count). The third-order valence-electron chi connectivity index (χ3n) is 2.79. The molecule has 0 fully saturated rings. The highest BCUT2D eigenvalue weighted by Crippen LogP contribution is 2.24. The fraction of sp³-hybridized carbons (Fsp3) is 0.308. The molecule has 0 aliphatic heterocycles. The molecule has 3 amide bonds. The molecule has 25 heavy (non-hydrogen) atoms. The second-order valence-corrected chi connectivity index (χ2v) is 6.72. The van der Waals surface area contributed by atoms with E-state index in [4.69, 9.17) is 11.0 Å². The van der Waals surface area contributed by atoms with Crippen molar-refractivity contribution in [1.82, 2.24) is 4.90 Å². The third-order valence-corrected chi connectivity index (χ3v) is 4.61. The molecular weight excluding hydrogens is 367 g/mol. The zero-order chi connectivity index (χ0) is 19.3. The Morgan fingerprint density at radius 2 is 1.80 bits per heavy atom. The quantitative estimate of drug-likeness (QED) is 0.589. The Hall–Kier alpha value is -2.81. The van der Waals surface area contributed by atoms with E-state index in [0.29, 0.717) is 0 Å². The molecule has 0 aromatic heterocycles. The largest absolute Gasteiger partial charge is 0.573 e. The topological polar surface area (TPSA) is 131 Å². The summed E-state index contributed by atoms with van der Waals surface area (Å²) in [6.07, 6.45) is -4.28. The number of hydrogen-bond acceptors (Lipinski definition) is 6. The first-order chi connectivity index (χ1) is 11.5. The van der Waals surface area contributed by atoms with Crippen LogP contribution in [0.25, 0.3) is 0 Å². The van der Waals surface area contributed by atoms with Crippen LogP contribution < -0.4 is 10.5 Å². The summed E-state index contributed by atoms with van der Waals surface area (Å²) in [5.74, 6) is -2.05. The van der Waals surface area contributed by atoms with E-state index in [-0.39, 0.29) is 16.2 Å². The molecule has 0 atom stereocenters. The number of halogens is 3. The molecule has 0 heterocycles. The smallest absolute Gasteiger partial charge is 0.406 e. The Morgan fingerprint density at radius 3 is 2.24 bits per heavy atom. The van der Waals surface area contributed by atoms with Crippen molar-refractivity contribution < 1.29 is 35.9 Å². The van der Waals surface area contributed by atoms with E-state index in [9.17, 15) is 31.2 Å². The van der Waals surface area contributed by atoms with Crippen molar-refractivity contribution >= 4 is 21.8 Å². The molecular formula is C13H12F3N3O5S. The number of urea groups is 1. The molecule has 0 saturated carbocycles. The number of carbonyl (C=O) groups is 2. The predicted molar refractivity (Wildman–Crippen MR) is 76.5 cm³/mol. The summed E-state index contributed by atoms with van der Waals surface area (Å²) in [5.41, 5.74) is 4.79. The Bertz CT molecular complexity index is 785. The molecule has 0 spiro atoms. The van der Waals surface area contributed by atoms with Crippen molar-refractivity contribution in [3.8, 4) is 11.9 Å². The number of alkyl halides is 3. The Labute approximate surface area is 140 Å². The van der Waals surface area contributed by atoms with Gasteiger partial charge in [-0.15, -0.1) is 13.2 Å². The molecule has 1 aromatic rings. The van der Waals surface area contributed by atoms with Crippen LogP contribution in [-0.2, 0) is 14.6 Å². The molecule has 0 bridgehead atoms. The van der Waals surface area contributed by atoms with Gasteiger partial charge in [0.1, 0.15) is 5.75 Å². The lowest BCUT2D eigenvalue weighted by molar-refractivity contribution is -0.274. The Kier molecular flexibility index (Phi) is 6.35. The number of rotatable bonds is 6. The maximum Gasteiger partial charge on any atom is 0.573 e. The highest BCUT2D eigenvalue weighted by atomic mass is 32.2. The van der Waals surface area contributed by atoms with Gasteiger partial charge in [0, 0.05) is 6.42 Å². The van der Waals surface area contributed by atoms with Crippen LogP contribution in [0, 0.1) is 11.5 Å². The standard InChI is InChI=1S/C13H12F3N3O5S/c14-13(15,16)24-9-3-5-10(6-4-9)25(22,23)7-1-2-11(20)19(8-17)12(18)21/h3-6H,1-2,7H2,(H2,18,21). The molecule has 0 aliphatic carbocycles. The summed E-state index contributed by atoms with van der Waals surface area (Å²) in [5, 5.41) is 8.55. The Morgan fingerprint density at radius 1 is 1.24 bits per heavy atom. The van der Waals surface area contributed by atoms with Gasteiger partial charge in [0.2, 0.25) is 5.91 Å². The maximum absolute atomic E-state index is 12.0. The normalized spacial score (nSPS) is 11.4. The van der Waals surface area contributed by atoms with E-state index in [1.165, 1.54) is 6.19 Å². The van der Waals surface area contributed by atoms with Crippen LogP contribution in [0.2, 0.25) is 0 Å². The van der Waals surface area contributed by atoms with E-state index in [1.807, 2.05) is 0 Å². The first-order valence-electron chi connectivity index (χ1n) is 6.57. The minimum absolute atomic E-state index is 0.0931. The minimum Gasteiger partial charge on any atom is -0.406 e. The molecule has 136 valence electrons. The highest BCUT2D eigenvalue weighted by Gasteiger charge is 2.31. The maximum atomic E-state index is 12.0. The van der Waals surface area contributed by atoms with Gasteiger partial charge >= 0.3 is 12.4 Å². The number of amides is 3. The lowest BCUT2D eigenvalue weighted by Gasteiger charge is -2.10. The number of carbonyl (C=O) groups excluding carboxylic acids is 2. The lowest BCUT2D eigenvalue weighted by Crippen LogP contribution is -2.36. The molecule has 12 heteroatoms. The van der Waals surface area contributed by atoms with Gasteiger partial charge in [-0.25, -0.2) is 13.2 Å². The van der Waals surface area contributed by atoms with Crippen LogP contribution in [0.5, 0.6) is 5.75 Å². The van der Waals surface area contributed by atoms with Gasteiger partial charge in [-0.05, 0) is 30.7 Å². The van der Waals surface area contributed by atoms with Gasteiger partial charge < -0.3 is 10.5 Å². The average Bonchev–Trinajstić information content (AvgIpc) is 2.46. The summed E-state index contributed by atoms with van der Waals surface area (Å²) in [7, 11) is -3.88. The van der Waals surface area contributed by atoms with Crippen molar-refractivity contribution in [2.75, 3.05) is 5.75 Å². The summed E-state index contributed by atoms with van der Waals surface area (Å²) in [6.45, 7) is 0. The Balaban J connectivity index is 2.69. The van der Waals surface area contributed by atoms with Crippen LogP contribution >= 0.6 is 0 Å². The first-order valence-corrected chi connectivity index (χ1v) is 8.22. The number of nitriles is 1. The van der Waals surface area contributed by atoms with Gasteiger partial charge in [-0.2, -0.15) is 10.2 Å². The summed E-state index contributed by atoms with van der Waals surface area (Å²) < 4.78 is 63.8. The number of imide groups is 1. The van der Waals surface area contributed by atoms with E-state index >= 15 is 0 Å². The van der Waals surface area contributed by atoms with Gasteiger partial charge in [0.15, 0.2) is 16.0 Å². The summed E-state index contributed by atoms with van der Waals surface area (Å²) in [4.78, 5) is 22.1. The van der Waals surface area contributed by atoms with Crippen molar-refractivity contribution in [3.05, 3.63) is 24.3 Å². The van der Waals surface area contributed by atoms with Crippen molar-refractivity contribution in [1.29, 1.82) is 5.26 Å². The second kappa shape index (κ2) is 7.84. The van der Waals surface area contributed by atoms with Crippen molar-refractivity contribution in [2.24, 2.45) is 5.73 Å². The van der Waals surface area contributed by atoms with Crippen LogP contribution in [0.4, 0.5) is 18.0 Å². The number of primary amides is 1. The van der Waals surface area contributed by atoms with Gasteiger partial charge in [-0.1, -0.05) is 0 Å². The van der Waals surface area contributed by atoms with E-state index in [1.54, 1.807) is 0 Å². The molecule has 0 aliphatic rings. The zero-order valence-electron chi connectivity index (χ0n) is 12.5. The number of nitrogens with zero attached hydrogens (tertiary/aromatic N) is 2. The molecule has 0 radical (unpaired) electrons. The first kappa shape index (κ1) is 20.2. The number of hydrogen-bond donors (Lipinski definition) is 1. The zero-order valence-corrected chi connectivity index (χ0v) is 13.3. The third kappa shape index (κ3) is 6.30. The second-order valence-electron chi connectivity index (χ2n) is 4.61. The fourth-order valence-corrected chi connectivity index (χ4v) is 3.03. The number of sulfone groups is 1. The van der Waals surface area contributed by atoms with E-state index in [2.05, 4.69) is 4.74 Å². The van der Waals surface area contributed by atoms with Crippen LogP contribution in [0.1, 0.15) is 12.8 Å². The molecule has 0 unspecified atom stereocenters. The number of ether oxygens (including phenoxy) is 1.